The van der Waals surface area contributed by atoms with Gasteiger partial charge in [-0.05, 0) is 31.5 Å². The number of nitrogens with zero attached hydrogens (tertiary/aromatic N) is 5. The zero-order chi connectivity index (χ0) is 27.0. The van der Waals surface area contributed by atoms with Crippen molar-refractivity contribution in [1.29, 1.82) is 0 Å². The van der Waals surface area contributed by atoms with Gasteiger partial charge in [0.1, 0.15) is 18.2 Å². The molecule has 0 unspecified atom stereocenters. The molecule has 39 heavy (non-hydrogen) atoms. The molecule has 2 aromatic carbocycles. The number of H-pyrrole nitrogens is 1. The summed E-state index contributed by atoms with van der Waals surface area (Å²) in [6, 6.07) is 16.5. The molecule has 1 aliphatic heterocycles. The van der Waals surface area contributed by atoms with Crippen LogP contribution in [0, 0.1) is 0 Å². The van der Waals surface area contributed by atoms with Crippen LogP contribution in [0.15, 0.2) is 67.1 Å². The first kappa shape index (κ1) is 26.1. The van der Waals surface area contributed by atoms with E-state index in [1.165, 1.54) is 0 Å². The Kier molecular flexibility index (Phi) is 8.27. The van der Waals surface area contributed by atoms with Crippen molar-refractivity contribution in [1.82, 2.24) is 40.3 Å². The zero-order valence-corrected chi connectivity index (χ0v) is 21.8. The van der Waals surface area contributed by atoms with Gasteiger partial charge in [-0.1, -0.05) is 36.4 Å². The number of benzene rings is 2. The first-order valence-corrected chi connectivity index (χ1v) is 13.1. The Bertz CT molecular complexity index is 1390. The molecular weight excluding hydrogens is 496 g/mol. The van der Waals surface area contributed by atoms with E-state index in [9.17, 15) is 9.59 Å². The van der Waals surface area contributed by atoms with E-state index < -0.39 is 0 Å². The highest BCUT2D eigenvalue weighted by molar-refractivity contribution is 5.94. The monoisotopic (exact) mass is 528 g/mol. The summed E-state index contributed by atoms with van der Waals surface area (Å²) < 4.78 is 7.73. The maximum atomic E-state index is 13.1. The van der Waals surface area contributed by atoms with E-state index in [0.29, 0.717) is 62.2 Å². The van der Waals surface area contributed by atoms with Crippen molar-refractivity contribution < 1.29 is 14.3 Å². The summed E-state index contributed by atoms with van der Waals surface area (Å²) in [7, 11) is 0. The van der Waals surface area contributed by atoms with E-state index in [1.807, 2.05) is 48.2 Å². The van der Waals surface area contributed by atoms with Crippen molar-refractivity contribution in [2.45, 2.75) is 32.5 Å². The van der Waals surface area contributed by atoms with Crippen molar-refractivity contribution in [3.8, 4) is 17.1 Å². The van der Waals surface area contributed by atoms with Gasteiger partial charge in [-0.15, -0.1) is 0 Å². The van der Waals surface area contributed by atoms with Crippen molar-refractivity contribution in [3.63, 3.8) is 0 Å². The van der Waals surface area contributed by atoms with Crippen LogP contribution in [0.5, 0.6) is 5.75 Å². The average molecular weight is 529 g/mol. The van der Waals surface area contributed by atoms with Crippen LogP contribution in [0.4, 0.5) is 0 Å². The van der Waals surface area contributed by atoms with Crippen molar-refractivity contribution in [2.75, 3.05) is 26.2 Å². The second-order valence-electron chi connectivity index (χ2n) is 9.45. The third kappa shape index (κ3) is 6.88. The zero-order valence-electron chi connectivity index (χ0n) is 21.8. The molecule has 0 aliphatic carbocycles. The summed E-state index contributed by atoms with van der Waals surface area (Å²) in [4.78, 5) is 39.9. The molecule has 0 radical (unpaired) electrons. The fourth-order valence-electron chi connectivity index (χ4n) is 4.51. The van der Waals surface area contributed by atoms with Crippen molar-refractivity contribution in [2.24, 2.45) is 0 Å². The number of hydrogen-bond acceptors (Lipinski definition) is 7. The Labute approximate surface area is 226 Å². The number of hydrogen-bond donors (Lipinski definition) is 3. The van der Waals surface area contributed by atoms with Gasteiger partial charge < -0.3 is 20.4 Å². The SMILES string of the molecule is C[C@@H]1NC(=O)CN(Cc2cnc[nH]2)CCCNC(=O)c2cccc(c2)OCCn2nc(-c3ccccc3)nc21. The Hall–Kier alpha value is -4.51. The lowest BCUT2D eigenvalue weighted by atomic mass is 10.2. The molecule has 1 atom stereocenters. The maximum absolute atomic E-state index is 13.1. The Morgan fingerprint density at radius 2 is 1.90 bits per heavy atom. The van der Waals surface area contributed by atoms with Gasteiger partial charge in [-0.25, -0.2) is 14.6 Å². The molecule has 0 saturated heterocycles. The quantitative estimate of drug-likeness (QED) is 0.373. The Balaban J connectivity index is 1.41. The standard InChI is InChI=1S/C28H32N8O3/c1-20-27-33-26(21-7-3-2-4-8-21)34-36(27)13-14-39-24-10-5-9-22(15-24)28(38)30-11-6-12-35(18-25(37)32-20)17-23-16-29-19-31-23/h2-5,7-10,15-16,19-20H,6,11-14,17-18H2,1H3,(H,29,31)(H,30,38)(H,32,37)/t20-/m0/s1. The molecule has 1 aliphatic rings. The van der Waals surface area contributed by atoms with Gasteiger partial charge in [-0.3, -0.25) is 14.5 Å². The van der Waals surface area contributed by atoms with Gasteiger partial charge in [0.05, 0.1) is 25.5 Å². The molecular formula is C28H32N8O3. The Morgan fingerprint density at radius 3 is 2.72 bits per heavy atom. The minimum absolute atomic E-state index is 0.130. The van der Waals surface area contributed by atoms with E-state index in [2.05, 4.69) is 20.6 Å². The molecule has 11 nitrogen and oxygen atoms in total. The largest absolute Gasteiger partial charge is 0.492 e. The molecule has 202 valence electrons. The van der Waals surface area contributed by atoms with E-state index in [-0.39, 0.29) is 24.4 Å². The van der Waals surface area contributed by atoms with Crippen LogP contribution in [-0.4, -0.2) is 67.7 Å². The molecule has 5 rings (SSSR count). The predicted molar refractivity (Wildman–Crippen MR) is 145 cm³/mol. The lowest BCUT2D eigenvalue weighted by molar-refractivity contribution is -0.123. The molecule has 2 bridgehead atoms. The highest BCUT2D eigenvalue weighted by Gasteiger charge is 2.21. The average Bonchev–Trinajstić information content (AvgIpc) is 3.61. The second kappa shape index (κ2) is 12.4. The van der Waals surface area contributed by atoms with Gasteiger partial charge in [0.25, 0.3) is 5.91 Å². The molecule has 0 spiro atoms. The number of ether oxygens (including phenoxy) is 1. The summed E-state index contributed by atoms with van der Waals surface area (Å²) >= 11 is 0. The van der Waals surface area contributed by atoms with Gasteiger partial charge in [-0.2, -0.15) is 5.10 Å². The number of amides is 2. The fourth-order valence-corrected chi connectivity index (χ4v) is 4.51. The molecule has 11 heteroatoms. The highest BCUT2D eigenvalue weighted by atomic mass is 16.5. The smallest absolute Gasteiger partial charge is 0.251 e. The molecule has 0 saturated carbocycles. The van der Waals surface area contributed by atoms with Crippen LogP contribution in [0.3, 0.4) is 0 Å². The van der Waals surface area contributed by atoms with Crippen LogP contribution in [0.1, 0.15) is 41.3 Å². The van der Waals surface area contributed by atoms with Crippen LogP contribution in [0.2, 0.25) is 0 Å². The minimum atomic E-state index is -0.377. The maximum Gasteiger partial charge on any atom is 0.251 e. The van der Waals surface area contributed by atoms with Crippen LogP contribution < -0.4 is 15.4 Å². The third-order valence-electron chi connectivity index (χ3n) is 6.42. The predicted octanol–water partition coefficient (Wildman–Crippen LogP) is 2.56. The van der Waals surface area contributed by atoms with Crippen molar-refractivity contribution in [3.05, 3.63) is 84.2 Å². The van der Waals surface area contributed by atoms with Gasteiger partial charge in [0.2, 0.25) is 5.91 Å². The highest BCUT2D eigenvalue weighted by Crippen LogP contribution is 2.20. The van der Waals surface area contributed by atoms with Crippen molar-refractivity contribution >= 4 is 11.8 Å². The minimum Gasteiger partial charge on any atom is -0.492 e. The topological polar surface area (TPSA) is 130 Å². The molecule has 4 aromatic rings. The first-order chi connectivity index (χ1) is 19.0. The molecule has 0 fully saturated rings. The number of fused-ring (bicyclic) bond motifs is 3. The van der Waals surface area contributed by atoms with Crippen LogP contribution >= 0.6 is 0 Å². The lowest BCUT2D eigenvalue weighted by Crippen LogP contribution is -2.40. The van der Waals surface area contributed by atoms with Crippen LogP contribution in [-0.2, 0) is 17.9 Å². The Morgan fingerprint density at radius 1 is 1.05 bits per heavy atom. The number of carbonyl (C=O) groups is 2. The number of aromatic nitrogens is 5. The molecule has 3 heterocycles. The summed E-state index contributed by atoms with van der Waals surface area (Å²) in [6.45, 7) is 4.44. The fraction of sp³-hybridized carbons (Fsp3) is 0.321. The summed E-state index contributed by atoms with van der Waals surface area (Å²) in [5.41, 5.74) is 2.33. The van der Waals surface area contributed by atoms with Gasteiger partial charge in [0.15, 0.2) is 5.82 Å². The lowest BCUT2D eigenvalue weighted by Gasteiger charge is -2.23. The summed E-state index contributed by atoms with van der Waals surface area (Å²) in [6.07, 6.45) is 4.04. The number of rotatable bonds is 3. The van der Waals surface area contributed by atoms with Gasteiger partial charge in [0, 0.05) is 42.7 Å². The molecule has 2 aromatic heterocycles. The van der Waals surface area contributed by atoms with Gasteiger partial charge >= 0.3 is 0 Å². The summed E-state index contributed by atoms with van der Waals surface area (Å²) in [5, 5.41) is 10.8. The number of imidazole rings is 1. The normalized spacial score (nSPS) is 17.7. The number of aromatic amines is 1. The second-order valence-corrected chi connectivity index (χ2v) is 9.45. The van der Waals surface area contributed by atoms with E-state index in [1.54, 1.807) is 35.4 Å². The molecule has 3 N–H and O–H groups in total. The van der Waals surface area contributed by atoms with E-state index in [0.717, 1.165) is 11.3 Å². The number of nitrogens with one attached hydrogen (secondary N) is 3. The molecule has 2 amide bonds. The van der Waals surface area contributed by atoms with E-state index >= 15 is 0 Å². The number of carbonyl (C=O) groups excluding carboxylic acids is 2. The first-order valence-electron chi connectivity index (χ1n) is 13.1. The summed E-state index contributed by atoms with van der Waals surface area (Å²) in [5.74, 6) is 1.52. The van der Waals surface area contributed by atoms with E-state index in [4.69, 9.17) is 14.8 Å². The third-order valence-corrected chi connectivity index (χ3v) is 6.42. The van der Waals surface area contributed by atoms with Crippen LogP contribution in [0.25, 0.3) is 11.4 Å².